The van der Waals surface area contributed by atoms with Crippen LogP contribution in [0.25, 0.3) is 0 Å². The quantitative estimate of drug-likeness (QED) is 0.906. The van der Waals surface area contributed by atoms with Gasteiger partial charge in [0.05, 0.1) is 3.79 Å². The normalized spacial score (nSPS) is 13.2. The summed E-state index contributed by atoms with van der Waals surface area (Å²) in [5, 5.41) is 2.18. The molecule has 0 bridgehead atoms. The number of hydrogen-bond acceptors (Lipinski definition) is 3. The van der Waals surface area contributed by atoms with Gasteiger partial charge in [-0.05, 0) is 39.9 Å². The molecule has 2 N–H and O–H groups in total. The molecule has 1 unspecified atom stereocenters. The molecule has 1 nitrogen and oxygen atoms in total. The molecule has 12 heavy (non-hydrogen) atoms. The lowest BCUT2D eigenvalue weighted by molar-refractivity contribution is 0.847. The first kappa shape index (κ1) is 10.6. The van der Waals surface area contributed by atoms with Gasteiger partial charge in [0, 0.05) is 17.5 Å². The summed E-state index contributed by atoms with van der Waals surface area (Å²) in [5.41, 5.74) is 7.02. The Labute approximate surface area is 89.9 Å². The molecule has 0 amide bonds. The maximum absolute atomic E-state index is 5.63. The van der Waals surface area contributed by atoms with Gasteiger partial charge in [0.15, 0.2) is 0 Å². The van der Waals surface area contributed by atoms with Crippen molar-refractivity contribution in [1.29, 1.82) is 0 Å². The SMILES string of the molecule is CC(N)CSCc1csc(Br)c1. The highest BCUT2D eigenvalue weighted by molar-refractivity contribution is 9.11. The van der Waals surface area contributed by atoms with Gasteiger partial charge in [0.1, 0.15) is 0 Å². The number of rotatable bonds is 4. The topological polar surface area (TPSA) is 26.0 Å². The minimum atomic E-state index is 0.303. The minimum Gasteiger partial charge on any atom is -0.327 e. The molecule has 1 atom stereocenters. The molecule has 1 heterocycles. The molecule has 0 aliphatic heterocycles. The van der Waals surface area contributed by atoms with Crippen LogP contribution in [0.15, 0.2) is 15.2 Å². The monoisotopic (exact) mass is 265 g/mol. The number of halogens is 1. The molecule has 0 fully saturated rings. The third-order valence-corrected chi connectivity index (χ3v) is 4.12. The van der Waals surface area contributed by atoms with E-state index in [1.165, 1.54) is 9.35 Å². The smallest absolute Gasteiger partial charge is 0.0701 e. The lowest BCUT2D eigenvalue weighted by Gasteiger charge is -2.02. The largest absolute Gasteiger partial charge is 0.327 e. The van der Waals surface area contributed by atoms with E-state index in [2.05, 4.69) is 27.4 Å². The van der Waals surface area contributed by atoms with E-state index in [-0.39, 0.29) is 0 Å². The molecule has 4 heteroatoms. The summed E-state index contributed by atoms with van der Waals surface area (Å²) in [4.78, 5) is 0. The van der Waals surface area contributed by atoms with Crippen molar-refractivity contribution < 1.29 is 0 Å². The summed E-state index contributed by atoms with van der Waals surface area (Å²) in [6.07, 6.45) is 0. The van der Waals surface area contributed by atoms with Gasteiger partial charge in [-0.1, -0.05) is 0 Å². The highest BCUT2D eigenvalue weighted by atomic mass is 79.9. The Kier molecular flexibility index (Phi) is 4.64. The summed E-state index contributed by atoms with van der Waals surface area (Å²) >= 11 is 7.06. The van der Waals surface area contributed by atoms with Crippen LogP contribution in [0, 0.1) is 0 Å². The predicted octanol–water partition coefficient (Wildman–Crippen LogP) is 3.09. The van der Waals surface area contributed by atoms with Crippen LogP contribution in [0.1, 0.15) is 12.5 Å². The molecule has 0 aliphatic rings. The van der Waals surface area contributed by atoms with Gasteiger partial charge in [0.25, 0.3) is 0 Å². The van der Waals surface area contributed by atoms with Crippen LogP contribution < -0.4 is 5.73 Å². The molecule has 1 aromatic rings. The highest BCUT2D eigenvalue weighted by Crippen LogP contribution is 2.23. The van der Waals surface area contributed by atoms with Gasteiger partial charge in [-0.2, -0.15) is 11.8 Å². The van der Waals surface area contributed by atoms with Gasteiger partial charge >= 0.3 is 0 Å². The van der Waals surface area contributed by atoms with Crippen LogP contribution in [0.5, 0.6) is 0 Å². The van der Waals surface area contributed by atoms with Crippen molar-refractivity contribution in [3.05, 3.63) is 20.8 Å². The average molecular weight is 266 g/mol. The molecule has 1 rings (SSSR count). The van der Waals surface area contributed by atoms with Gasteiger partial charge in [-0.25, -0.2) is 0 Å². The van der Waals surface area contributed by atoms with E-state index in [1.54, 1.807) is 11.3 Å². The number of thiophene rings is 1. The van der Waals surface area contributed by atoms with Crippen molar-refractivity contribution in [3.8, 4) is 0 Å². The van der Waals surface area contributed by atoms with Crippen LogP contribution in [-0.2, 0) is 5.75 Å². The maximum Gasteiger partial charge on any atom is 0.0701 e. The van der Waals surface area contributed by atoms with E-state index >= 15 is 0 Å². The average Bonchev–Trinajstić information content (AvgIpc) is 2.35. The molecule has 68 valence electrons. The van der Waals surface area contributed by atoms with Crippen molar-refractivity contribution in [2.75, 3.05) is 5.75 Å². The van der Waals surface area contributed by atoms with E-state index < -0.39 is 0 Å². The molecule has 0 radical (unpaired) electrons. The van der Waals surface area contributed by atoms with Crippen LogP contribution in [0.4, 0.5) is 0 Å². The number of hydrogen-bond donors (Lipinski definition) is 1. The van der Waals surface area contributed by atoms with Gasteiger partial charge in [-0.3, -0.25) is 0 Å². The predicted molar refractivity (Wildman–Crippen MR) is 61.8 cm³/mol. The van der Waals surface area contributed by atoms with E-state index in [1.807, 2.05) is 18.7 Å². The minimum absolute atomic E-state index is 0.303. The fourth-order valence-electron chi connectivity index (χ4n) is 0.784. The Bertz CT molecular complexity index is 235. The maximum atomic E-state index is 5.63. The van der Waals surface area contributed by atoms with E-state index in [0.717, 1.165) is 11.5 Å². The molecule has 0 aliphatic carbocycles. The Morgan fingerprint density at radius 2 is 2.50 bits per heavy atom. The molecule has 0 aromatic carbocycles. The first-order chi connectivity index (χ1) is 5.68. The van der Waals surface area contributed by atoms with E-state index in [4.69, 9.17) is 5.73 Å². The van der Waals surface area contributed by atoms with Crippen molar-refractivity contribution >= 4 is 39.0 Å². The molecule has 1 aromatic heterocycles. The summed E-state index contributed by atoms with van der Waals surface area (Å²) in [5.74, 6) is 2.11. The van der Waals surface area contributed by atoms with E-state index in [0.29, 0.717) is 6.04 Å². The third kappa shape index (κ3) is 3.94. The van der Waals surface area contributed by atoms with Crippen molar-refractivity contribution in [2.24, 2.45) is 5.73 Å². The summed E-state index contributed by atoms with van der Waals surface area (Å²) < 4.78 is 1.21. The second-order valence-corrected chi connectivity index (χ2v) is 6.07. The summed E-state index contributed by atoms with van der Waals surface area (Å²) in [7, 11) is 0. The summed E-state index contributed by atoms with van der Waals surface area (Å²) in [6, 6.07) is 2.47. The van der Waals surface area contributed by atoms with Crippen molar-refractivity contribution in [1.82, 2.24) is 0 Å². The Morgan fingerprint density at radius 3 is 3.00 bits per heavy atom. The molecular formula is C8H12BrNS2. The van der Waals surface area contributed by atoms with Crippen LogP contribution in [0.3, 0.4) is 0 Å². The van der Waals surface area contributed by atoms with E-state index in [9.17, 15) is 0 Å². The van der Waals surface area contributed by atoms with Gasteiger partial charge in [0.2, 0.25) is 0 Å². The lowest BCUT2D eigenvalue weighted by Crippen LogP contribution is -2.17. The standard InChI is InChI=1S/C8H12BrNS2/c1-6(10)3-11-4-7-2-8(9)12-5-7/h2,5-6H,3-4,10H2,1H3. The second-order valence-electron chi connectivity index (χ2n) is 2.75. The lowest BCUT2D eigenvalue weighted by atomic mass is 10.4. The fraction of sp³-hybridized carbons (Fsp3) is 0.500. The van der Waals surface area contributed by atoms with Crippen molar-refractivity contribution in [2.45, 2.75) is 18.7 Å². The fourth-order valence-corrected chi connectivity index (χ4v) is 2.99. The first-order valence-electron chi connectivity index (χ1n) is 3.74. The van der Waals surface area contributed by atoms with Crippen LogP contribution in [-0.4, -0.2) is 11.8 Å². The zero-order chi connectivity index (χ0) is 8.97. The number of thioether (sulfide) groups is 1. The zero-order valence-electron chi connectivity index (χ0n) is 6.92. The van der Waals surface area contributed by atoms with Crippen molar-refractivity contribution in [3.63, 3.8) is 0 Å². The van der Waals surface area contributed by atoms with Gasteiger partial charge < -0.3 is 5.73 Å². The Morgan fingerprint density at radius 1 is 1.75 bits per heavy atom. The first-order valence-corrected chi connectivity index (χ1v) is 6.57. The third-order valence-electron chi connectivity index (χ3n) is 1.27. The molecule has 0 saturated carbocycles. The van der Waals surface area contributed by atoms with Gasteiger partial charge in [-0.15, -0.1) is 11.3 Å². The van der Waals surface area contributed by atoms with Crippen LogP contribution >= 0.6 is 39.0 Å². The molecule has 0 saturated heterocycles. The summed E-state index contributed by atoms with van der Waals surface area (Å²) in [6.45, 7) is 2.04. The Hall–Kier alpha value is 0.490. The molecular weight excluding hydrogens is 254 g/mol. The Balaban J connectivity index is 2.24. The molecule has 0 spiro atoms. The number of nitrogens with two attached hydrogens (primary N) is 1. The highest BCUT2D eigenvalue weighted by Gasteiger charge is 1.98. The van der Waals surface area contributed by atoms with Crippen LogP contribution in [0.2, 0.25) is 0 Å². The zero-order valence-corrected chi connectivity index (χ0v) is 10.1. The second kappa shape index (κ2) is 5.27.